The lowest BCUT2D eigenvalue weighted by Gasteiger charge is -2.25. The van der Waals surface area contributed by atoms with Crippen LogP contribution in [0.5, 0.6) is 0 Å². The van der Waals surface area contributed by atoms with Crippen molar-refractivity contribution in [3.8, 4) is 0 Å². The van der Waals surface area contributed by atoms with E-state index >= 15 is 8.78 Å². The Morgan fingerprint density at radius 2 is 1.44 bits per heavy atom. The molecule has 1 aliphatic rings. The minimum absolute atomic E-state index is 0.00870. The maximum Gasteiger partial charge on any atom is 0.307 e. The lowest BCUT2D eigenvalue weighted by Crippen LogP contribution is -2.53. The molecule has 0 aliphatic heterocycles. The number of hydrogen-bond donors (Lipinski definition) is 10. The van der Waals surface area contributed by atoms with Crippen LogP contribution < -0.4 is 31.7 Å². The fraction of sp³-hybridized carbons (Fsp3) is 0.657. The number of ketones is 1. The van der Waals surface area contributed by atoms with Gasteiger partial charge in [-0.05, 0) is 12.8 Å². The zero-order valence-electron chi connectivity index (χ0n) is 33.1. The monoisotopic (exact) mass is 934 g/mol. The number of amides is 3. The Kier molecular flexibility index (Phi) is 23.6. The number of hydrogen-bond acceptors (Lipinski definition) is 14. The van der Waals surface area contributed by atoms with E-state index in [1.54, 1.807) is 4.72 Å². The van der Waals surface area contributed by atoms with Gasteiger partial charge >= 0.3 is 11.9 Å². The summed E-state index contributed by atoms with van der Waals surface area (Å²) in [5.74, 6) is -14.0. The van der Waals surface area contributed by atoms with Crippen molar-refractivity contribution < 1.29 is 78.8 Å². The lowest BCUT2D eigenvalue weighted by atomic mass is 9.96. The van der Waals surface area contributed by atoms with Gasteiger partial charge in [-0.3, -0.25) is 38.0 Å². The number of sulfone groups is 1. The van der Waals surface area contributed by atoms with Gasteiger partial charge in [-0.25, -0.2) is 25.8 Å². The second-order valence-corrected chi connectivity index (χ2v) is 17.0. The van der Waals surface area contributed by atoms with Gasteiger partial charge in [-0.1, -0.05) is 32.1 Å². The maximum absolute atomic E-state index is 15.6. The van der Waals surface area contributed by atoms with Crippen molar-refractivity contribution in [3.05, 3.63) is 17.5 Å². The average Bonchev–Trinajstić information content (AvgIpc) is 3.18. The normalized spacial score (nSPS) is 15.6. The van der Waals surface area contributed by atoms with E-state index in [0.717, 1.165) is 19.3 Å². The van der Waals surface area contributed by atoms with Gasteiger partial charge in [0.25, 0.3) is 11.3 Å². The van der Waals surface area contributed by atoms with Crippen molar-refractivity contribution in [2.45, 2.75) is 93.7 Å². The number of nitrogens with one attached hydrogen (secondary N) is 5. The van der Waals surface area contributed by atoms with Crippen molar-refractivity contribution >= 4 is 80.6 Å². The lowest BCUT2D eigenvalue weighted by molar-refractivity contribution is -0.143. The molecule has 20 nitrogen and oxygen atoms in total. The standard InChI is InChI=1S/C35H53F3N6O14S3/c36-28-29(37)33(32(30(38)31(28)44-60(53)54)42-21-6-4-2-1-3-5-7-21)61(55,56)15-9-26(47)40-10-12-58-14-13-57-11-8-25(46)41-18-22(39)34(50)43-23(17-27(48)49)24(45)16-20(19-59)35(51)52/h20-23,42,44,59H,1-19,39H2,(H,40,47)(H,41,46)(H,43,50)(H,48,49)(H,51,52)(H,53,54)/t20-,22-,23-/m0/s1. The van der Waals surface area contributed by atoms with E-state index < -0.39 is 139 Å². The fourth-order valence-electron chi connectivity index (χ4n) is 5.93. The maximum atomic E-state index is 15.6. The number of thiol groups is 1. The van der Waals surface area contributed by atoms with Gasteiger partial charge in [0.05, 0.1) is 56.2 Å². The molecule has 10 N–H and O–H groups in total. The number of nitrogens with two attached hydrogens (primary N) is 1. The van der Waals surface area contributed by atoms with E-state index in [1.165, 1.54) is 0 Å². The fourth-order valence-corrected chi connectivity index (χ4v) is 8.05. The summed E-state index contributed by atoms with van der Waals surface area (Å²) in [6.45, 7) is -0.605. The zero-order chi connectivity index (χ0) is 45.7. The second kappa shape index (κ2) is 27.1. The number of benzene rings is 1. The molecule has 1 aliphatic carbocycles. The minimum Gasteiger partial charge on any atom is -0.481 e. The van der Waals surface area contributed by atoms with Crippen LogP contribution in [0.25, 0.3) is 0 Å². The number of halogens is 3. The Morgan fingerprint density at radius 3 is 2.03 bits per heavy atom. The summed E-state index contributed by atoms with van der Waals surface area (Å²) < 4.78 is 105. The van der Waals surface area contributed by atoms with Crippen molar-refractivity contribution in [1.82, 2.24) is 16.0 Å². The molecule has 2 rings (SSSR count). The number of ether oxygens (including phenoxy) is 2. The molecular weight excluding hydrogens is 882 g/mol. The topological polar surface area (TPSA) is 319 Å². The number of anilines is 2. The Hall–Kier alpha value is -4.08. The number of carbonyl (C=O) groups excluding carboxylic acids is 4. The van der Waals surface area contributed by atoms with Crippen molar-refractivity contribution in [2.24, 2.45) is 11.7 Å². The van der Waals surface area contributed by atoms with Crippen LogP contribution >= 0.6 is 12.6 Å². The van der Waals surface area contributed by atoms with Gasteiger partial charge in [-0.15, -0.1) is 0 Å². The number of rotatable bonds is 28. The Morgan fingerprint density at radius 1 is 0.836 bits per heavy atom. The first-order valence-corrected chi connectivity index (χ1v) is 22.6. The third-order valence-corrected chi connectivity index (χ3v) is 11.8. The molecule has 0 spiro atoms. The summed E-state index contributed by atoms with van der Waals surface area (Å²) >= 11 is 0.832. The third-order valence-electron chi connectivity index (χ3n) is 9.20. The molecule has 0 aromatic heterocycles. The summed E-state index contributed by atoms with van der Waals surface area (Å²) in [6, 6.07) is -3.45. The highest BCUT2D eigenvalue weighted by atomic mass is 32.2. The van der Waals surface area contributed by atoms with Crippen LogP contribution in [0, 0.1) is 23.4 Å². The van der Waals surface area contributed by atoms with Crippen LogP contribution in [0.2, 0.25) is 0 Å². The van der Waals surface area contributed by atoms with Crippen LogP contribution in [0.1, 0.15) is 70.6 Å². The van der Waals surface area contributed by atoms with Crippen LogP contribution in [0.4, 0.5) is 24.5 Å². The van der Waals surface area contributed by atoms with Crippen LogP contribution in [-0.4, -0.2) is 132 Å². The first-order valence-electron chi connectivity index (χ1n) is 19.2. The van der Waals surface area contributed by atoms with E-state index in [1.807, 2.05) is 0 Å². The molecule has 0 saturated heterocycles. The molecule has 1 aromatic carbocycles. The molecule has 4 atom stereocenters. The molecule has 1 fully saturated rings. The van der Waals surface area contributed by atoms with E-state index in [-0.39, 0.29) is 51.7 Å². The average molecular weight is 935 g/mol. The van der Waals surface area contributed by atoms with Crippen molar-refractivity contribution in [3.63, 3.8) is 0 Å². The smallest absolute Gasteiger partial charge is 0.307 e. The molecule has 0 radical (unpaired) electrons. The summed E-state index contributed by atoms with van der Waals surface area (Å²) in [5.41, 5.74) is 3.52. The summed E-state index contributed by atoms with van der Waals surface area (Å²) in [7, 11) is -4.85. The molecule has 0 heterocycles. The molecule has 3 amide bonds. The van der Waals surface area contributed by atoms with Crippen LogP contribution in [0.15, 0.2) is 4.90 Å². The zero-order valence-corrected chi connectivity index (χ0v) is 35.6. The summed E-state index contributed by atoms with van der Waals surface area (Å²) in [4.78, 5) is 70.6. The molecule has 0 bridgehead atoms. The van der Waals surface area contributed by atoms with Crippen molar-refractivity contribution in [1.29, 1.82) is 0 Å². The molecule has 61 heavy (non-hydrogen) atoms. The summed E-state index contributed by atoms with van der Waals surface area (Å²) in [6.07, 6.45) is 2.81. The highest BCUT2D eigenvalue weighted by Crippen LogP contribution is 2.38. The largest absolute Gasteiger partial charge is 0.481 e. The predicted octanol–water partition coefficient (Wildman–Crippen LogP) is 0.873. The number of aliphatic carboxylic acids is 2. The minimum atomic E-state index is -4.85. The number of carboxylic acids is 2. The Bertz CT molecular complexity index is 1820. The molecule has 1 aromatic rings. The number of carbonyl (C=O) groups is 6. The Labute approximate surface area is 358 Å². The number of Topliss-reactive ketones (excluding diaryl/α,β-unsaturated/α-hetero) is 1. The molecule has 346 valence electrons. The van der Waals surface area contributed by atoms with Crippen molar-refractivity contribution in [2.75, 3.05) is 61.1 Å². The molecule has 26 heteroatoms. The van der Waals surface area contributed by atoms with E-state index in [0.29, 0.717) is 25.7 Å². The van der Waals surface area contributed by atoms with E-state index in [4.69, 9.17) is 30.0 Å². The van der Waals surface area contributed by atoms with Gasteiger partial charge < -0.3 is 46.7 Å². The quantitative estimate of drug-likeness (QED) is 0.0241. The molecule has 1 saturated carbocycles. The first-order chi connectivity index (χ1) is 28.8. The molecular formula is C35H53F3N6O14S3. The van der Waals surface area contributed by atoms with Gasteiger partial charge in [0.1, 0.15) is 16.6 Å². The van der Waals surface area contributed by atoms with E-state index in [2.05, 4.69) is 33.9 Å². The van der Waals surface area contributed by atoms with Gasteiger partial charge in [-0.2, -0.15) is 12.6 Å². The van der Waals surface area contributed by atoms with E-state index in [9.17, 15) is 45.8 Å². The highest BCUT2D eigenvalue weighted by Gasteiger charge is 2.35. The SMILES string of the molecule is N[C@@H](CNC(=O)CCOCCOCCNC(=O)CCS(=O)(=O)c1c(F)c(F)c(NS(=O)O)c(F)c1NC1CCCCCCC1)C(=O)N[C@@H](CC(=O)O)C(=O)C[C@@H](CS)C(=O)O. The predicted molar refractivity (Wildman–Crippen MR) is 216 cm³/mol. The van der Waals surface area contributed by atoms with Gasteiger partial charge in [0.15, 0.2) is 33.1 Å². The first kappa shape index (κ1) is 53.1. The van der Waals surface area contributed by atoms with Gasteiger partial charge in [0, 0.05) is 44.1 Å². The molecule has 1 unspecified atom stereocenters. The second-order valence-electron chi connectivity index (χ2n) is 13.9. The highest BCUT2D eigenvalue weighted by molar-refractivity contribution is 7.91. The van der Waals surface area contributed by atoms with Crippen LogP contribution in [0.3, 0.4) is 0 Å². The third kappa shape index (κ3) is 18.8. The Balaban J connectivity index is 1.76. The summed E-state index contributed by atoms with van der Waals surface area (Å²) in [5, 5.41) is 27.9. The number of carboxylic acid groups (broad SMARTS) is 2. The van der Waals surface area contributed by atoms with Crippen LogP contribution in [-0.2, 0) is 59.3 Å². The van der Waals surface area contributed by atoms with Gasteiger partial charge in [0.2, 0.25) is 17.7 Å².